The number of aromatic nitrogens is 2. The SMILES string of the molecule is O=C(Nc1nnc(Cc2ccccc2)s1)N1CCC[C@H]1C(F)F. The van der Waals surface area contributed by atoms with Crippen molar-refractivity contribution in [1.82, 2.24) is 15.1 Å². The molecule has 2 aromatic rings. The normalized spacial score (nSPS) is 17.7. The minimum atomic E-state index is -2.52. The van der Waals surface area contributed by atoms with E-state index in [1.807, 2.05) is 30.3 Å². The van der Waals surface area contributed by atoms with Crippen LogP contribution in [0.4, 0.5) is 18.7 Å². The maximum absolute atomic E-state index is 12.9. The van der Waals surface area contributed by atoms with Gasteiger partial charge >= 0.3 is 6.03 Å². The molecule has 1 N–H and O–H groups in total. The fourth-order valence-electron chi connectivity index (χ4n) is 2.62. The first kappa shape index (κ1) is 15.8. The molecule has 0 radical (unpaired) electrons. The monoisotopic (exact) mass is 338 g/mol. The predicted molar refractivity (Wildman–Crippen MR) is 83.9 cm³/mol. The second-order valence-corrected chi connectivity index (χ2v) is 6.39. The Bertz CT molecular complexity index is 665. The number of halogens is 2. The number of alkyl halides is 2. The Balaban J connectivity index is 1.61. The number of nitrogens with one attached hydrogen (secondary N) is 1. The molecule has 0 aliphatic carbocycles. The van der Waals surface area contributed by atoms with Gasteiger partial charge in [-0.1, -0.05) is 41.7 Å². The van der Waals surface area contributed by atoms with Gasteiger partial charge in [0.1, 0.15) is 5.01 Å². The highest BCUT2D eigenvalue weighted by Crippen LogP contribution is 2.25. The minimum Gasteiger partial charge on any atom is -0.316 e. The van der Waals surface area contributed by atoms with E-state index in [0.717, 1.165) is 10.6 Å². The highest BCUT2D eigenvalue weighted by atomic mass is 32.1. The number of likely N-dealkylation sites (tertiary alicyclic amines) is 1. The van der Waals surface area contributed by atoms with Crippen LogP contribution < -0.4 is 5.32 Å². The fraction of sp³-hybridized carbons (Fsp3) is 0.400. The molecule has 0 bridgehead atoms. The predicted octanol–water partition coefficient (Wildman–Crippen LogP) is 3.39. The molecular weight excluding hydrogens is 322 g/mol. The summed E-state index contributed by atoms with van der Waals surface area (Å²) >= 11 is 1.26. The maximum atomic E-state index is 12.9. The van der Waals surface area contributed by atoms with E-state index >= 15 is 0 Å². The van der Waals surface area contributed by atoms with Crippen molar-refractivity contribution in [3.8, 4) is 0 Å². The van der Waals surface area contributed by atoms with E-state index in [9.17, 15) is 13.6 Å². The Kier molecular flexibility index (Phi) is 4.80. The van der Waals surface area contributed by atoms with Crippen molar-refractivity contribution in [2.45, 2.75) is 31.7 Å². The first-order valence-electron chi connectivity index (χ1n) is 7.35. The summed E-state index contributed by atoms with van der Waals surface area (Å²) in [5.41, 5.74) is 1.10. The molecule has 0 spiro atoms. The average molecular weight is 338 g/mol. The lowest BCUT2D eigenvalue weighted by molar-refractivity contribution is 0.0637. The smallest absolute Gasteiger partial charge is 0.316 e. The molecule has 23 heavy (non-hydrogen) atoms. The van der Waals surface area contributed by atoms with Crippen LogP contribution in [-0.4, -0.2) is 40.1 Å². The number of carbonyl (C=O) groups is 1. The Hall–Kier alpha value is -2.09. The summed E-state index contributed by atoms with van der Waals surface area (Å²) in [5.74, 6) is 0. The Morgan fingerprint density at radius 2 is 2.13 bits per heavy atom. The van der Waals surface area contributed by atoms with Crippen molar-refractivity contribution in [2.75, 3.05) is 11.9 Å². The van der Waals surface area contributed by atoms with E-state index in [-0.39, 0.29) is 0 Å². The molecule has 1 aromatic carbocycles. The molecule has 2 heterocycles. The summed E-state index contributed by atoms with van der Waals surface area (Å²) in [6.45, 7) is 0.344. The van der Waals surface area contributed by atoms with Crippen LogP contribution in [0.1, 0.15) is 23.4 Å². The van der Waals surface area contributed by atoms with Gasteiger partial charge in [-0.25, -0.2) is 13.6 Å². The van der Waals surface area contributed by atoms with Crippen molar-refractivity contribution in [2.24, 2.45) is 0 Å². The third kappa shape index (κ3) is 3.82. The lowest BCUT2D eigenvalue weighted by atomic mass is 10.2. The summed E-state index contributed by atoms with van der Waals surface area (Å²) in [5, 5.41) is 11.6. The fourth-order valence-corrected chi connectivity index (χ4v) is 3.38. The van der Waals surface area contributed by atoms with Crippen molar-refractivity contribution in [3.63, 3.8) is 0 Å². The molecule has 1 aromatic heterocycles. The van der Waals surface area contributed by atoms with Gasteiger partial charge in [0.05, 0.1) is 6.04 Å². The van der Waals surface area contributed by atoms with Crippen molar-refractivity contribution in [3.05, 3.63) is 40.9 Å². The van der Waals surface area contributed by atoms with Gasteiger partial charge < -0.3 is 4.90 Å². The molecule has 8 heteroatoms. The zero-order chi connectivity index (χ0) is 16.2. The Morgan fingerprint density at radius 3 is 2.87 bits per heavy atom. The zero-order valence-corrected chi connectivity index (χ0v) is 13.1. The van der Waals surface area contributed by atoms with Crippen LogP contribution in [0.25, 0.3) is 0 Å². The summed E-state index contributed by atoms with van der Waals surface area (Å²) in [7, 11) is 0. The molecule has 1 atom stereocenters. The number of benzene rings is 1. The van der Waals surface area contributed by atoms with Gasteiger partial charge in [0.15, 0.2) is 0 Å². The largest absolute Gasteiger partial charge is 0.324 e. The van der Waals surface area contributed by atoms with Crippen LogP contribution in [0.15, 0.2) is 30.3 Å². The van der Waals surface area contributed by atoms with Gasteiger partial charge in [-0.05, 0) is 18.4 Å². The second kappa shape index (κ2) is 6.99. The Morgan fingerprint density at radius 1 is 1.35 bits per heavy atom. The minimum absolute atomic E-state index is 0.334. The van der Waals surface area contributed by atoms with Gasteiger partial charge in [0.2, 0.25) is 5.13 Å². The first-order valence-corrected chi connectivity index (χ1v) is 8.17. The van der Waals surface area contributed by atoms with Gasteiger partial charge in [-0.15, -0.1) is 10.2 Å². The molecule has 1 aliphatic rings. The second-order valence-electron chi connectivity index (χ2n) is 5.33. The van der Waals surface area contributed by atoms with E-state index in [1.165, 1.54) is 16.2 Å². The van der Waals surface area contributed by atoms with E-state index in [1.54, 1.807) is 0 Å². The molecular formula is C15H16F2N4OS. The van der Waals surface area contributed by atoms with Crippen molar-refractivity contribution in [1.29, 1.82) is 0 Å². The summed E-state index contributed by atoms with van der Waals surface area (Å²) in [4.78, 5) is 13.3. The number of rotatable bonds is 4. The standard InChI is InChI=1S/C15H16F2N4OS/c16-13(17)11-7-4-8-21(11)15(22)18-14-20-19-12(23-14)9-10-5-2-1-3-6-10/h1-3,5-6,11,13H,4,7-9H2,(H,18,20,22)/t11-/m0/s1. The van der Waals surface area contributed by atoms with Crippen molar-refractivity contribution < 1.29 is 13.6 Å². The lowest BCUT2D eigenvalue weighted by Crippen LogP contribution is -2.42. The van der Waals surface area contributed by atoms with Crippen LogP contribution in [0.2, 0.25) is 0 Å². The van der Waals surface area contributed by atoms with Gasteiger partial charge in [0, 0.05) is 13.0 Å². The third-order valence-corrected chi connectivity index (χ3v) is 4.57. The highest BCUT2D eigenvalue weighted by Gasteiger charge is 2.35. The average Bonchev–Trinajstić information content (AvgIpc) is 3.17. The van der Waals surface area contributed by atoms with Crippen molar-refractivity contribution >= 4 is 22.5 Å². The number of urea groups is 1. The van der Waals surface area contributed by atoms with Gasteiger partial charge in [-0.3, -0.25) is 5.32 Å². The number of anilines is 1. The number of hydrogen-bond acceptors (Lipinski definition) is 4. The number of nitrogens with zero attached hydrogens (tertiary/aromatic N) is 3. The molecule has 1 aliphatic heterocycles. The molecule has 1 fully saturated rings. The van der Waals surface area contributed by atoms with E-state index in [0.29, 0.717) is 30.9 Å². The molecule has 0 saturated carbocycles. The quantitative estimate of drug-likeness (QED) is 0.930. The zero-order valence-electron chi connectivity index (χ0n) is 12.3. The van der Waals surface area contributed by atoms with Gasteiger partial charge in [-0.2, -0.15) is 0 Å². The van der Waals surface area contributed by atoms with Crippen LogP contribution in [0, 0.1) is 0 Å². The number of hydrogen-bond donors (Lipinski definition) is 1. The van der Waals surface area contributed by atoms with E-state index < -0.39 is 18.5 Å². The van der Waals surface area contributed by atoms with E-state index in [2.05, 4.69) is 15.5 Å². The summed E-state index contributed by atoms with van der Waals surface area (Å²) in [6.07, 6.45) is -0.970. The molecule has 3 rings (SSSR count). The van der Waals surface area contributed by atoms with Crippen LogP contribution in [0.5, 0.6) is 0 Å². The number of carbonyl (C=O) groups excluding carboxylic acids is 1. The van der Waals surface area contributed by atoms with Gasteiger partial charge in [0.25, 0.3) is 6.43 Å². The summed E-state index contributed by atoms with van der Waals surface area (Å²) < 4.78 is 25.8. The van der Waals surface area contributed by atoms with Crippen LogP contribution >= 0.6 is 11.3 Å². The van der Waals surface area contributed by atoms with Crippen LogP contribution in [-0.2, 0) is 6.42 Å². The topological polar surface area (TPSA) is 58.1 Å². The Labute approximate surface area is 136 Å². The molecule has 2 amide bonds. The lowest BCUT2D eigenvalue weighted by Gasteiger charge is -2.23. The van der Waals surface area contributed by atoms with E-state index in [4.69, 9.17) is 0 Å². The molecule has 0 unspecified atom stereocenters. The third-order valence-electron chi connectivity index (χ3n) is 3.73. The summed E-state index contributed by atoms with van der Waals surface area (Å²) in [6, 6.07) is 8.24. The molecule has 122 valence electrons. The molecule has 1 saturated heterocycles. The maximum Gasteiger partial charge on any atom is 0.324 e. The van der Waals surface area contributed by atoms with Crippen LogP contribution in [0.3, 0.4) is 0 Å². The first-order chi connectivity index (χ1) is 11.1. The highest BCUT2D eigenvalue weighted by molar-refractivity contribution is 7.15. The molecule has 5 nitrogen and oxygen atoms in total. The number of amides is 2.